The van der Waals surface area contributed by atoms with E-state index < -0.39 is 12.1 Å². The molecule has 0 saturated carbocycles. The van der Waals surface area contributed by atoms with Crippen molar-refractivity contribution >= 4 is 45.9 Å². The van der Waals surface area contributed by atoms with Gasteiger partial charge in [0.1, 0.15) is 11.8 Å². The fourth-order valence-electron chi connectivity index (χ4n) is 6.05. The van der Waals surface area contributed by atoms with Crippen LogP contribution in [0.5, 0.6) is 23.0 Å². The number of ether oxygens (including phenoxy) is 4. The number of anilines is 2. The summed E-state index contributed by atoms with van der Waals surface area (Å²) in [6, 6.07) is 13.2. The van der Waals surface area contributed by atoms with Crippen molar-refractivity contribution in [3.63, 3.8) is 0 Å². The highest BCUT2D eigenvalue weighted by Gasteiger charge is 2.30. The molecule has 0 bridgehead atoms. The monoisotopic (exact) mass is 672 g/mol. The Balaban J connectivity index is 1.55. The van der Waals surface area contributed by atoms with Crippen molar-refractivity contribution in [2.24, 2.45) is 0 Å². The van der Waals surface area contributed by atoms with Crippen LogP contribution in [0.2, 0.25) is 0 Å². The van der Waals surface area contributed by atoms with Crippen molar-refractivity contribution in [1.29, 1.82) is 0 Å². The van der Waals surface area contributed by atoms with Gasteiger partial charge in [0.05, 0.1) is 57.6 Å². The van der Waals surface area contributed by atoms with Gasteiger partial charge in [-0.15, -0.1) is 0 Å². The maximum atomic E-state index is 13.9. The zero-order chi connectivity index (χ0) is 34.4. The number of benzene rings is 2. The largest absolute Gasteiger partial charge is 0.497 e. The van der Waals surface area contributed by atoms with E-state index in [1.165, 1.54) is 20.1 Å². The minimum atomic E-state index is -0.726. The number of aryl methyl sites for hydroxylation is 1. The summed E-state index contributed by atoms with van der Waals surface area (Å²) >= 11 is 1.60. The fraction of sp³-hybridized carbons (Fsp3) is 0.333. The van der Waals surface area contributed by atoms with E-state index in [1.54, 1.807) is 45.4 Å². The normalized spacial score (nSPS) is 14.1. The Kier molecular flexibility index (Phi) is 10.9. The first kappa shape index (κ1) is 34.4. The number of carbonyl (C=O) groups is 2. The van der Waals surface area contributed by atoms with Gasteiger partial charge in [-0.1, -0.05) is 6.07 Å². The van der Waals surface area contributed by atoms with Crippen LogP contribution in [0.25, 0.3) is 22.0 Å². The van der Waals surface area contributed by atoms with Gasteiger partial charge in [0, 0.05) is 23.9 Å². The molecule has 3 N–H and O–H groups in total. The molecule has 1 aliphatic rings. The lowest BCUT2D eigenvalue weighted by molar-refractivity contribution is -0.120. The SMILES string of the molecule is COc1ccc2cc(NC(=O)C(CCSC)Nc3ccc4c(cc3=O)C(NC(C)=O)CCc3cc(OC)c(OC)c(OC)c3-4)cnc2c1. The van der Waals surface area contributed by atoms with Gasteiger partial charge in [0.15, 0.2) is 11.5 Å². The number of fused-ring (bicyclic) bond motifs is 4. The van der Waals surface area contributed by atoms with E-state index in [2.05, 4.69) is 20.9 Å². The van der Waals surface area contributed by atoms with Crippen molar-refractivity contribution in [3.05, 3.63) is 76.1 Å². The van der Waals surface area contributed by atoms with Crippen LogP contribution >= 0.6 is 11.8 Å². The molecule has 2 atom stereocenters. The van der Waals surface area contributed by atoms with Crippen molar-refractivity contribution < 1.29 is 28.5 Å². The first-order chi connectivity index (χ1) is 23.2. The van der Waals surface area contributed by atoms with E-state index >= 15 is 0 Å². The molecule has 11 nitrogen and oxygen atoms in total. The average Bonchev–Trinajstić information content (AvgIpc) is 3.33. The number of thioether (sulfide) groups is 1. The van der Waals surface area contributed by atoms with Gasteiger partial charge in [-0.05, 0) is 84.4 Å². The Labute approximate surface area is 283 Å². The number of nitrogens with one attached hydrogen (secondary N) is 3. The number of rotatable bonds is 12. The maximum Gasteiger partial charge on any atom is 0.246 e. The minimum Gasteiger partial charge on any atom is -0.497 e. The zero-order valence-electron chi connectivity index (χ0n) is 27.9. The number of aromatic nitrogens is 1. The highest BCUT2D eigenvalue weighted by atomic mass is 32.2. The van der Waals surface area contributed by atoms with Crippen molar-refractivity contribution in [2.45, 2.75) is 38.3 Å². The van der Waals surface area contributed by atoms with E-state index in [1.807, 2.05) is 42.7 Å². The van der Waals surface area contributed by atoms with Gasteiger partial charge >= 0.3 is 0 Å². The Morgan fingerprint density at radius 2 is 1.77 bits per heavy atom. The molecule has 1 aromatic heterocycles. The molecule has 12 heteroatoms. The minimum absolute atomic E-state index is 0.215. The highest BCUT2D eigenvalue weighted by molar-refractivity contribution is 7.98. The number of nitrogens with zero attached hydrogens (tertiary/aromatic N) is 1. The average molecular weight is 673 g/mol. The van der Waals surface area contributed by atoms with Gasteiger partial charge in [-0.25, -0.2) is 0 Å². The summed E-state index contributed by atoms with van der Waals surface area (Å²) in [6.45, 7) is 1.45. The second kappa shape index (κ2) is 15.3. The summed E-state index contributed by atoms with van der Waals surface area (Å²) in [4.78, 5) is 44.4. The summed E-state index contributed by atoms with van der Waals surface area (Å²) in [7, 11) is 6.25. The molecule has 2 unspecified atom stereocenters. The maximum absolute atomic E-state index is 13.9. The predicted octanol–water partition coefficient (Wildman–Crippen LogP) is 5.59. The molecule has 0 spiro atoms. The summed E-state index contributed by atoms with van der Waals surface area (Å²) in [5.41, 5.74) is 4.21. The topological polar surface area (TPSA) is 137 Å². The van der Waals surface area contributed by atoms with Gasteiger partial charge in [0.25, 0.3) is 0 Å². The molecule has 48 heavy (non-hydrogen) atoms. The van der Waals surface area contributed by atoms with Crippen LogP contribution in [0.1, 0.15) is 36.9 Å². The molecule has 0 fully saturated rings. The molecular formula is C36H40N4O7S. The third-order valence-electron chi connectivity index (χ3n) is 8.33. The predicted molar refractivity (Wildman–Crippen MR) is 190 cm³/mol. The Morgan fingerprint density at radius 3 is 2.46 bits per heavy atom. The zero-order valence-corrected chi connectivity index (χ0v) is 28.7. The first-order valence-corrected chi connectivity index (χ1v) is 16.9. The standard InChI is InChI=1S/C36H40N4O7S/c1-20(41)38-27-11-8-22-16-32(45-3)34(46-4)35(47-5)33(22)25-10-12-28(31(42)18-26(25)27)40-29(13-14-48-6)36(43)39-23-15-21-7-9-24(44-2)17-30(21)37-19-23/h7,9-10,12,15-19,27,29H,8,11,13-14H2,1-6H3,(H,38,41)(H,39,43)(H,40,42). The molecule has 1 heterocycles. The molecule has 2 amide bonds. The Morgan fingerprint density at radius 1 is 0.979 bits per heavy atom. The summed E-state index contributed by atoms with van der Waals surface area (Å²) < 4.78 is 22.5. The van der Waals surface area contributed by atoms with Gasteiger partial charge in [-0.3, -0.25) is 19.4 Å². The van der Waals surface area contributed by atoms with Crippen LogP contribution in [0.3, 0.4) is 0 Å². The number of methoxy groups -OCH3 is 4. The number of amides is 2. The molecular weight excluding hydrogens is 632 g/mol. The summed E-state index contributed by atoms with van der Waals surface area (Å²) in [6.07, 6.45) is 5.15. The third kappa shape index (κ3) is 7.28. The summed E-state index contributed by atoms with van der Waals surface area (Å²) in [5.74, 6) is 2.26. The molecule has 252 valence electrons. The molecule has 0 radical (unpaired) electrons. The van der Waals surface area contributed by atoms with Crippen LogP contribution < -0.4 is 40.3 Å². The third-order valence-corrected chi connectivity index (χ3v) is 8.98. The molecule has 0 saturated heterocycles. The van der Waals surface area contributed by atoms with Crippen LogP contribution in [0, 0.1) is 0 Å². The molecule has 3 aromatic carbocycles. The molecule has 5 rings (SSSR count). The molecule has 0 aliphatic heterocycles. The summed E-state index contributed by atoms with van der Waals surface area (Å²) in [5, 5.41) is 10.1. The van der Waals surface area contributed by atoms with Crippen LogP contribution in [-0.2, 0) is 16.0 Å². The van der Waals surface area contributed by atoms with Crippen molar-refractivity contribution in [1.82, 2.24) is 10.3 Å². The number of hydrogen-bond acceptors (Lipinski definition) is 10. The smallest absolute Gasteiger partial charge is 0.246 e. The van der Waals surface area contributed by atoms with E-state index in [0.717, 1.165) is 22.0 Å². The van der Waals surface area contributed by atoms with Crippen LogP contribution in [0.15, 0.2) is 59.5 Å². The van der Waals surface area contributed by atoms with E-state index in [9.17, 15) is 14.4 Å². The highest BCUT2D eigenvalue weighted by Crippen LogP contribution is 2.50. The van der Waals surface area contributed by atoms with Gasteiger partial charge in [0.2, 0.25) is 23.0 Å². The lowest BCUT2D eigenvalue weighted by Crippen LogP contribution is -2.36. The molecule has 1 aliphatic carbocycles. The Bertz CT molecular complexity index is 1900. The Hall–Kier alpha value is -4.97. The molecule has 4 aromatic rings. The lowest BCUT2D eigenvalue weighted by atomic mass is 9.95. The van der Waals surface area contributed by atoms with Crippen molar-refractivity contribution in [3.8, 4) is 34.1 Å². The van der Waals surface area contributed by atoms with E-state index in [4.69, 9.17) is 18.9 Å². The van der Waals surface area contributed by atoms with Crippen molar-refractivity contribution in [2.75, 3.05) is 51.1 Å². The fourth-order valence-corrected chi connectivity index (χ4v) is 6.52. The second-order valence-corrected chi connectivity index (χ2v) is 12.3. The number of carbonyl (C=O) groups excluding carboxylic acids is 2. The second-order valence-electron chi connectivity index (χ2n) is 11.3. The quantitative estimate of drug-likeness (QED) is 0.175. The van der Waals surface area contributed by atoms with E-state index in [-0.39, 0.29) is 22.9 Å². The first-order valence-electron chi connectivity index (χ1n) is 15.5. The number of hydrogen-bond donors (Lipinski definition) is 3. The van der Waals surface area contributed by atoms with Gasteiger partial charge in [-0.2, -0.15) is 11.8 Å². The van der Waals surface area contributed by atoms with Gasteiger partial charge < -0.3 is 34.9 Å². The number of pyridine rings is 1. The van der Waals surface area contributed by atoms with Crippen LogP contribution in [0.4, 0.5) is 11.4 Å². The lowest BCUT2D eigenvalue weighted by Gasteiger charge is -2.19. The van der Waals surface area contributed by atoms with Crippen LogP contribution in [-0.4, -0.2) is 63.3 Å². The van der Waals surface area contributed by atoms with E-state index in [0.29, 0.717) is 64.8 Å².